The maximum Gasteiger partial charge on any atom is -0.0268 e. The van der Waals surface area contributed by atoms with Crippen LogP contribution in [0.5, 0.6) is 0 Å². The van der Waals surface area contributed by atoms with Crippen molar-refractivity contribution < 1.29 is 0 Å². The zero-order chi connectivity index (χ0) is 7.44. The van der Waals surface area contributed by atoms with E-state index < -0.39 is 0 Å². The van der Waals surface area contributed by atoms with Crippen LogP contribution in [0, 0.1) is 5.92 Å². The lowest BCUT2D eigenvalue weighted by Gasteiger charge is -2.17. The van der Waals surface area contributed by atoms with E-state index in [1.54, 1.807) is 0 Å². The SMILES string of the molecule is CC(C)CP(C)C(C)C. The summed E-state index contributed by atoms with van der Waals surface area (Å²) in [6, 6.07) is 0. The lowest BCUT2D eigenvalue weighted by atomic mass is 10.3. The van der Waals surface area contributed by atoms with Crippen LogP contribution in [0.4, 0.5) is 0 Å². The Hall–Kier alpha value is 0.430. The van der Waals surface area contributed by atoms with E-state index in [1.807, 2.05) is 0 Å². The first-order chi connectivity index (χ1) is 4.04. The zero-order valence-corrected chi connectivity index (χ0v) is 8.20. The minimum Gasteiger partial charge on any atom is -0.107 e. The highest BCUT2D eigenvalue weighted by atomic mass is 31.1. The van der Waals surface area contributed by atoms with Gasteiger partial charge < -0.3 is 0 Å². The van der Waals surface area contributed by atoms with Gasteiger partial charge in [-0.05, 0) is 24.4 Å². The minimum atomic E-state index is 0.321. The average molecular weight is 146 g/mol. The lowest BCUT2D eigenvalue weighted by Crippen LogP contribution is -2.00. The van der Waals surface area contributed by atoms with E-state index in [0.717, 1.165) is 11.6 Å². The van der Waals surface area contributed by atoms with Crippen LogP contribution >= 0.6 is 7.92 Å². The molecular weight excluding hydrogens is 127 g/mol. The van der Waals surface area contributed by atoms with Crippen molar-refractivity contribution in [2.75, 3.05) is 12.8 Å². The van der Waals surface area contributed by atoms with E-state index in [4.69, 9.17) is 0 Å². The van der Waals surface area contributed by atoms with E-state index in [2.05, 4.69) is 34.4 Å². The fourth-order valence-corrected chi connectivity index (χ4v) is 2.36. The van der Waals surface area contributed by atoms with Crippen molar-refractivity contribution in [1.82, 2.24) is 0 Å². The third kappa shape index (κ3) is 4.90. The molecule has 0 heterocycles. The molecule has 0 aromatic carbocycles. The third-order valence-corrected chi connectivity index (χ3v) is 4.60. The van der Waals surface area contributed by atoms with Crippen LogP contribution in [0.2, 0.25) is 0 Å². The maximum absolute atomic E-state index is 2.40. The molecule has 56 valence electrons. The smallest absolute Gasteiger partial charge is 0.0268 e. The van der Waals surface area contributed by atoms with Gasteiger partial charge in [0.25, 0.3) is 0 Å². The molecule has 0 spiro atoms. The molecular formula is C8H19P. The van der Waals surface area contributed by atoms with Crippen LogP contribution in [0.15, 0.2) is 0 Å². The van der Waals surface area contributed by atoms with Gasteiger partial charge in [0.15, 0.2) is 0 Å². The van der Waals surface area contributed by atoms with Gasteiger partial charge in [-0.3, -0.25) is 0 Å². The molecule has 9 heavy (non-hydrogen) atoms. The standard InChI is InChI=1S/C8H19P/c1-7(2)6-9(5)8(3)4/h7-8H,6H2,1-5H3. The summed E-state index contributed by atoms with van der Waals surface area (Å²) in [5.41, 5.74) is 0.919. The molecule has 1 unspecified atom stereocenters. The topological polar surface area (TPSA) is 0 Å². The first-order valence-corrected chi connectivity index (χ1v) is 5.78. The van der Waals surface area contributed by atoms with E-state index in [1.165, 1.54) is 6.16 Å². The molecule has 0 N–H and O–H groups in total. The highest BCUT2D eigenvalue weighted by molar-refractivity contribution is 7.57. The van der Waals surface area contributed by atoms with E-state index in [0.29, 0.717) is 7.92 Å². The van der Waals surface area contributed by atoms with Gasteiger partial charge in [0, 0.05) is 0 Å². The van der Waals surface area contributed by atoms with Crippen molar-refractivity contribution in [2.45, 2.75) is 33.4 Å². The van der Waals surface area contributed by atoms with Crippen LogP contribution in [0.25, 0.3) is 0 Å². The first-order valence-electron chi connectivity index (χ1n) is 3.74. The van der Waals surface area contributed by atoms with Crippen molar-refractivity contribution >= 4 is 7.92 Å². The molecule has 0 aliphatic carbocycles. The van der Waals surface area contributed by atoms with Crippen LogP contribution < -0.4 is 0 Å². The molecule has 0 bridgehead atoms. The average Bonchev–Trinajstić information content (AvgIpc) is 1.63. The Kier molecular flexibility index (Phi) is 4.48. The summed E-state index contributed by atoms with van der Waals surface area (Å²) in [5, 5.41) is 0. The van der Waals surface area contributed by atoms with Gasteiger partial charge in [0.05, 0.1) is 0 Å². The largest absolute Gasteiger partial charge is 0.107 e. The predicted molar refractivity (Wildman–Crippen MR) is 47.7 cm³/mol. The molecule has 0 radical (unpaired) electrons. The summed E-state index contributed by atoms with van der Waals surface area (Å²) < 4.78 is 0. The normalized spacial score (nSPS) is 15.0. The second-order valence-electron chi connectivity index (χ2n) is 3.43. The van der Waals surface area contributed by atoms with Gasteiger partial charge in [0.2, 0.25) is 0 Å². The Labute approximate surface area is 60.8 Å². The number of hydrogen-bond donors (Lipinski definition) is 0. The van der Waals surface area contributed by atoms with Crippen LogP contribution in [-0.2, 0) is 0 Å². The fourth-order valence-electron chi connectivity index (χ4n) is 0.787. The quantitative estimate of drug-likeness (QED) is 0.536. The second kappa shape index (κ2) is 4.28. The van der Waals surface area contributed by atoms with Crippen molar-refractivity contribution in [3.05, 3.63) is 0 Å². The van der Waals surface area contributed by atoms with Gasteiger partial charge in [0.1, 0.15) is 0 Å². The molecule has 0 aliphatic rings. The van der Waals surface area contributed by atoms with Crippen molar-refractivity contribution in [3.63, 3.8) is 0 Å². The predicted octanol–water partition coefficient (Wildman–Crippen LogP) is 3.16. The van der Waals surface area contributed by atoms with Crippen molar-refractivity contribution in [2.24, 2.45) is 5.92 Å². The third-order valence-electron chi connectivity index (χ3n) is 1.53. The maximum atomic E-state index is 2.40. The molecule has 0 rings (SSSR count). The lowest BCUT2D eigenvalue weighted by molar-refractivity contribution is 0.741. The van der Waals surface area contributed by atoms with Gasteiger partial charge >= 0.3 is 0 Å². The monoisotopic (exact) mass is 146 g/mol. The molecule has 0 aromatic heterocycles. The highest BCUT2D eigenvalue weighted by Gasteiger charge is 2.06. The molecule has 0 aromatic rings. The van der Waals surface area contributed by atoms with Crippen molar-refractivity contribution in [1.29, 1.82) is 0 Å². The van der Waals surface area contributed by atoms with Crippen molar-refractivity contribution in [3.8, 4) is 0 Å². The summed E-state index contributed by atoms with van der Waals surface area (Å²) >= 11 is 0. The molecule has 1 atom stereocenters. The molecule has 0 amide bonds. The van der Waals surface area contributed by atoms with Crippen LogP contribution in [0.3, 0.4) is 0 Å². The summed E-state index contributed by atoms with van der Waals surface area (Å²) in [6.45, 7) is 11.7. The Morgan fingerprint density at radius 2 is 1.56 bits per heavy atom. The minimum absolute atomic E-state index is 0.321. The fraction of sp³-hybridized carbons (Fsp3) is 1.00. The molecule has 1 heteroatoms. The van der Waals surface area contributed by atoms with Gasteiger partial charge in [-0.2, -0.15) is 0 Å². The summed E-state index contributed by atoms with van der Waals surface area (Å²) in [4.78, 5) is 0. The van der Waals surface area contributed by atoms with Crippen LogP contribution in [-0.4, -0.2) is 18.5 Å². The Bertz CT molecular complexity index is 67.0. The Morgan fingerprint density at radius 1 is 1.11 bits per heavy atom. The number of hydrogen-bond acceptors (Lipinski definition) is 0. The zero-order valence-electron chi connectivity index (χ0n) is 7.31. The Balaban J connectivity index is 3.38. The van der Waals surface area contributed by atoms with Crippen LogP contribution in [0.1, 0.15) is 27.7 Å². The van der Waals surface area contributed by atoms with Gasteiger partial charge in [-0.1, -0.05) is 27.7 Å². The molecule has 0 fully saturated rings. The molecule has 0 saturated carbocycles. The summed E-state index contributed by atoms with van der Waals surface area (Å²) in [6.07, 6.45) is 1.44. The first kappa shape index (κ1) is 9.43. The Morgan fingerprint density at radius 3 is 1.67 bits per heavy atom. The summed E-state index contributed by atoms with van der Waals surface area (Å²) in [5.74, 6) is 0.892. The van der Waals surface area contributed by atoms with Gasteiger partial charge in [-0.25, -0.2) is 0 Å². The van der Waals surface area contributed by atoms with E-state index >= 15 is 0 Å². The van der Waals surface area contributed by atoms with Gasteiger partial charge in [-0.15, -0.1) is 7.92 Å². The second-order valence-corrected chi connectivity index (χ2v) is 6.34. The molecule has 0 nitrogen and oxygen atoms in total. The molecule has 0 aliphatic heterocycles. The highest BCUT2D eigenvalue weighted by Crippen LogP contribution is 2.38. The molecule has 0 saturated heterocycles. The van der Waals surface area contributed by atoms with E-state index in [9.17, 15) is 0 Å². The summed E-state index contributed by atoms with van der Waals surface area (Å²) in [7, 11) is 0.321. The number of rotatable bonds is 3. The van der Waals surface area contributed by atoms with E-state index in [-0.39, 0.29) is 0 Å².